The van der Waals surface area contributed by atoms with E-state index in [-0.39, 0.29) is 5.78 Å². The number of Topliss-reactive ketones (excluding diaryl/α,β-unsaturated/α-hetero) is 1. The van der Waals surface area contributed by atoms with Gasteiger partial charge in [-0.1, -0.05) is 13.8 Å². The van der Waals surface area contributed by atoms with E-state index in [1.54, 1.807) is 6.26 Å². The second kappa shape index (κ2) is 5.18. The summed E-state index contributed by atoms with van der Waals surface area (Å²) in [6.45, 7) is 7.02. The van der Waals surface area contributed by atoms with Crippen molar-refractivity contribution in [1.82, 2.24) is 0 Å². The van der Waals surface area contributed by atoms with E-state index in [4.69, 9.17) is 4.74 Å². The lowest BCUT2D eigenvalue weighted by molar-refractivity contribution is -0.117. The Hall–Kier alpha value is -0.790. The molecule has 1 rings (SSSR count). The van der Waals surface area contributed by atoms with Crippen LogP contribution in [0.3, 0.4) is 0 Å². The summed E-state index contributed by atoms with van der Waals surface area (Å²) in [7, 11) is 0. The predicted molar refractivity (Wildman–Crippen MR) is 56.9 cm³/mol. The molecule has 1 atom stereocenters. The standard InChI is InChI=1S/C12H20O2/c1-4-14-8-11-7-10(9(2)3)5-6-12(11)13/h8-10H,4-7H2,1-3H3/b11-8-. The monoisotopic (exact) mass is 196 g/mol. The molecule has 1 aliphatic carbocycles. The first-order valence-corrected chi connectivity index (χ1v) is 5.49. The fraction of sp³-hybridized carbons (Fsp3) is 0.750. The number of carbonyl (C=O) groups excluding carboxylic acids is 1. The average Bonchev–Trinajstić information content (AvgIpc) is 2.16. The van der Waals surface area contributed by atoms with Crippen LogP contribution in [0.25, 0.3) is 0 Å². The molecule has 0 aromatic heterocycles. The van der Waals surface area contributed by atoms with E-state index in [1.807, 2.05) is 6.92 Å². The first-order valence-electron chi connectivity index (χ1n) is 5.49. The van der Waals surface area contributed by atoms with Crippen molar-refractivity contribution >= 4 is 5.78 Å². The van der Waals surface area contributed by atoms with Crippen LogP contribution in [0.15, 0.2) is 11.8 Å². The van der Waals surface area contributed by atoms with Crippen LogP contribution in [0.2, 0.25) is 0 Å². The van der Waals surface area contributed by atoms with Gasteiger partial charge < -0.3 is 4.74 Å². The van der Waals surface area contributed by atoms with Gasteiger partial charge in [0.15, 0.2) is 5.78 Å². The quantitative estimate of drug-likeness (QED) is 0.512. The Labute approximate surface area is 86.3 Å². The summed E-state index contributed by atoms with van der Waals surface area (Å²) < 4.78 is 5.19. The van der Waals surface area contributed by atoms with E-state index in [0.717, 1.165) is 18.4 Å². The fourth-order valence-corrected chi connectivity index (χ4v) is 1.84. The molecule has 0 N–H and O–H groups in total. The molecule has 1 aliphatic rings. The third-order valence-corrected chi connectivity index (χ3v) is 2.92. The maximum absolute atomic E-state index is 11.5. The summed E-state index contributed by atoms with van der Waals surface area (Å²) in [4.78, 5) is 11.5. The predicted octanol–water partition coefficient (Wildman–Crippen LogP) is 2.93. The van der Waals surface area contributed by atoms with Crippen LogP contribution in [-0.2, 0) is 9.53 Å². The number of ketones is 1. The minimum Gasteiger partial charge on any atom is -0.501 e. The van der Waals surface area contributed by atoms with Gasteiger partial charge in [0.2, 0.25) is 0 Å². The molecule has 2 nitrogen and oxygen atoms in total. The lowest BCUT2D eigenvalue weighted by Crippen LogP contribution is -2.21. The fourth-order valence-electron chi connectivity index (χ4n) is 1.84. The van der Waals surface area contributed by atoms with E-state index in [0.29, 0.717) is 24.9 Å². The molecule has 0 heterocycles. The van der Waals surface area contributed by atoms with Crippen LogP contribution < -0.4 is 0 Å². The van der Waals surface area contributed by atoms with Gasteiger partial charge in [-0.05, 0) is 31.6 Å². The van der Waals surface area contributed by atoms with E-state index >= 15 is 0 Å². The first-order chi connectivity index (χ1) is 6.65. The molecule has 0 radical (unpaired) electrons. The highest BCUT2D eigenvalue weighted by Gasteiger charge is 2.25. The van der Waals surface area contributed by atoms with Crippen LogP contribution >= 0.6 is 0 Å². The van der Waals surface area contributed by atoms with Crippen molar-refractivity contribution in [3.63, 3.8) is 0 Å². The van der Waals surface area contributed by atoms with E-state index in [1.165, 1.54) is 0 Å². The van der Waals surface area contributed by atoms with Crippen LogP contribution in [0.4, 0.5) is 0 Å². The van der Waals surface area contributed by atoms with E-state index < -0.39 is 0 Å². The normalized spacial score (nSPS) is 25.9. The molecule has 0 aromatic carbocycles. The Morgan fingerprint density at radius 1 is 1.57 bits per heavy atom. The minimum atomic E-state index is 0.273. The van der Waals surface area contributed by atoms with Crippen LogP contribution in [-0.4, -0.2) is 12.4 Å². The zero-order chi connectivity index (χ0) is 10.6. The highest BCUT2D eigenvalue weighted by Crippen LogP contribution is 2.31. The maximum Gasteiger partial charge on any atom is 0.161 e. The molecule has 1 saturated carbocycles. The Bertz CT molecular complexity index is 228. The highest BCUT2D eigenvalue weighted by atomic mass is 16.5. The number of hydrogen-bond donors (Lipinski definition) is 0. The van der Waals surface area contributed by atoms with E-state index in [2.05, 4.69) is 13.8 Å². The van der Waals surface area contributed by atoms with Crippen LogP contribution in [0, 0.1) is 11.8 Å². The number of ether oxygens (including phenoxy) is 1. The molecule has 14 heavy (non-hydrogen) atoms. The van der Waals surface area contributed by atoms with Gasteiger partial charge in [0.25, 0.3) is 0 Å². The second-order valence-electron chi connectivity index (χ2n) is 4.27. The molecule has 0 aromatic rings. The molecule has 0 saturated heterocycles. The molecule has 0 spiro atoms. The van der Waals surface area contributed by atoms with Crippen LogP contribution in [0.1, 0.15) is 40.0 Å². The molecule has 1 unspecified atom stereocenters. The molecule has 0 aliphatic heterocycles. The van der Waals surface area contributed by atoms with Gasteiger partial charge in [-0.2, -0.15) is 0 Å². The first kappa shape index (κ1) is 11.3. The van der Waals surface area contributed by atoms with Crippen molar-refractivity contribution in [2.45, 2.75) is 40.0 Å². The smallest absolute Gasteiger partial charge is 0.161 e. The van der Waals surface area contributed by atoms with Gasteiger partial charge >= 0.3 is 0 Å². The van der Waals surface area contributed by atoms with Crippen molar-refractivity contribution in [2.24, 2.45) is 11.8 Å². The summed E-state index contributed by atoms with van der Waals surface area (Å²) in [5, 5.41) is 0. The van der Waals surface area contributed by atoms with Gasteiger partial charge in [-0.25, -0.2) is 0 Å². The number of rotatable bonds is 3. The number of hydrogen-bond acceptors (Lipinski definition) is 2. The van der Waals surface area contributed by atoms with Gasteiger partial charge in [0.05, 0.1) is 12.9 Å². The van der Waals surface area contributed by atoms with Gasteiger partial charge in [0, 0.05) is 12.0 Å². The van der Waals surface area contributed by atoms with Gasteiger partial charge in [-0.15, -0.1) is 0 Å². The molecular weight excluding hydrogens is 176 g/mol. The van der Waals surface area contributed by atoms with Gasteiger partial charge in [-0.3, -0.25) is 4.79 Å². The molecule has 0 bridgehead atoms. The summed E-state index contributed by atoms with van der Waals surface area (Å²) >= 11 is 0. The molecular formula is C12H20O2. The van der Waals surface area contributed by atoms with Crippen molar-refractivity contribution in [2.75, 3.05) is 6.61 Å². The summed E-state index contributed by atoms with van der Waals surface area (Å²) in [6.07, 6.45) is 4.30. The van der Waals surface area contributed by atoms with Crippen LogP contribution in [0.5, 0.6) is 0 Å². The van der Waals surface area contributed by atoms with Crippen molar-refractivity contribution in [3.8, 4) is 0 Å². The van der Waals surface area contributed by atoms with E-state index in [9.17, 15) is 4.79 Å². The Balaban J connectivity index is 2.59. The maximum atomic E-state index is 11.5. The Kier molecular flexibility index (Phi) is 4.18. The molecule has 2 heteroatoms. The summed E-state index contributed by atoms with van der Waals surface area (Å²) in [5.74, 6) is 1.59. The molecule has 0 amide bonds. The summed E-state index contributed by atoms with van der Waals surface area (Å²) in [6, 6.07) is 0. The Morgan fingerprint density at radius 3 is 2.86 bits per heavy atom. The summed E-state index contributed by atoms with van der Waals surface area (Å²) in [5.41, 5.74) is 0.886. The van der Waals surface area contributed by atoms with Gasteiger partial charge in [0.1, 0.15) is 0 Å². The molecule has 1 fully saturated rings. The lowest BCUT2D eigenvalue weighted by Gasteiger charge is -2.26. The number of carbonyl (C=O) groups is 1. The average molecular weight is 196 g/mol. The zero-order valence-corrected chi connectivity index (χ0v) is 9.38. The number of allylic oxidation sites excluding steroid dienone is 1. The van der Waals surface area contributed by atoms with Crippen molar-refractivity contribution in [3.05, 3.63) is 11.8 Å². The highest BCUT2D eigenvalue weighted by molar-refractivity contribution is 5.95. The van der Waals surface area contributed by atoms with Crippen molar-refractivity contribution in [1.29, 1.82) is 0 Å². The second-order valence-corrected chi connectivity index (χ2v) is 4.27. The Morgan fingerprint density at radius 2 is 2.29 bits per heavy atom. The lowest BCUT2D eigenvalue weighted by atomic mass is 9.79. The zero-order valence-electron chi connectivity index (χ0n) is 9.38. The third-order valence-electron chi connectivity index (χ3n) is 2.92. The largest absolute Gasteiger partial charge is 0.501 e. The SMILES string of the molecule is CCO/C=C1/CC(C(C)C)CCC1=O. The minimum absolute atomic E-state index is 0.273. The molecule has 80 valence electrons. The third kappa shape index (κ3) is 2.86. The van der Waals surface area contributed by atoms with Crippen molar-refractivity contribution < 1.29 is 9.53 Å². The topological polar surface area (TPSA) is 26.3 Å².